The Morgan fingerprint density at radius 3 is 2.46 bits per heavy atom. The first-order valence-electron chi connectivity index (χ1n) is 14.0. The van der Waals surface area contributed by atoms with Crippen molar-refractivity contribution < 1.29 is 14.3 Å². The first-order chi connectivity index (χ1) is 16.9. The summed E-state index contributed by atoms with van der Waals surface area (Å²) < 4.78 is 11.1. The van der Waals surface area contributed by atoms with Gasteiger partial charge in [0, 0.05) is 17.9 Å². The van der Waals surface area contributed by atoms with Crippen LogP contribution in [-0.4, -0.2) is 51.1 Å². The largest absolute Gasteiger partial charge is 0.493 e. The van der Waals surface area contributed by atoms with Crippen LogP contribution in [0.3, 0.4) is 0 Å². The first-order valence-corrected chi connectivity index (χ1v) is 14.0. The predicted molar refractivity (Wildman–Crippen MR) is 141 cm³/mol. The lowest BCUT2D eigenvalue weighted by molar-refractivity contribution is -0.0113. The van der Waals surface area contributed by atoms with Crippen LogP contribution in [-0.2, 0) is 10.3 Å². The maximum absolute atomic E-state index is 6.05. The summed E-state index contributed by atoms with van der Waals surface area (Å²) >= 11 is 0. The van der Waals surface area contributed by atoms with Gasteiger partial charge in [-0.1, -0.05) is 25.1 Å². The molecule has 5 nitrogen and oxygen atoms in total. The molecule has 0 N–H and O–H groups in total. The van der Waals surface area contributed by atoms with E-state index in [0.717, 1.165) is 61.7 Å². The van der Waals surface area contributed by atoms with Crippen molar-refractivity contribution in [3.05, 3.63) is 23.8 Å². The lowest BCUT2D eigenvalue weighted by Crippen LogP contribution is -2.46. The van der Waals surface area contributed by atoms with Gasteiger partial charge >= 0.3 is 0 Å². The number of ether oxygens (including phenoxy) is 2. The summed E-state index contributed by atoms with van der Waals surface area (Å²) in [4.78, 5) is 8.58. The normalized spacial score (nSPS) is 38.3. The summed E-state index contributed by atoms with van der Waals surface area (Å²) in [6.45, 7) is 6.82. The number of hydrogen-bond donors (Lipinski definition) is 0. The van der Waals surface area contributed by atoms with Gasteiger partial charge in [-0.05, 0) is 112 Å². The highest BCUT2D eigenvalue weighted by Gasteiger charge is 2.50. The molecule has 4 unspecified atom stereocenters. The number of benzene rings is 1. The van der Waals surface area contributed by atoms with Gasteiger partial charge in [0.05, 0.1) is 19.9 Å². The van der Waals surface area contributed by atoms with Crippen LogP contribution in [0.2, 0.25) is 0 Å². The Morgan fingerprint density at radius 1 is 1.00 bits per heavy atom. The average Bonchev–Trinajstić information content (AvgIpc) is 3.17. The number of rotatable bonds is 7. The number of likely N-dealkylation sites (N-methyl/N-ethyl adjacent to an activating group) is 1. The minimum absolute atomic E-state index is 0.151. The van der Waals surface area contributed by atoms with Crippen LogP contribution in [0.5, 0.6) is 11.5 Å². The van der Waals surface area contributed by atoms with Gasteiger partial charge in [0.1, 0.15) is 6.61 Å². The first kappa shape index (κ1) is 24.9. The Kier molecular flexibility index (Phi) is 7.09. The zero-order valence-corrected chi connectivity index (χ0v) is 22.6. The van der Waals surface area contributed by atoms with Crippen molar-refractivity contribution in [1.29, 1.82) is 0 Å². The van der Waals surface area contributed by atoms with Gasteiger partial charge in [0.15, 0.2) is 11.5 Å². The van der Waals surface area contributed by atoms with E-state index in [1.165, 1.54) is 56.2 Å². The van der Waals surface area contributed by atoms with Gasteiger partial charge in [0.2, 0.25) is 0 Å². The summed E-state index contributed by atoms with van der Waals surface area (Å²) in [7, 11) is 5.69. The number of fused-ring (bicyclic) bond motifs is 3. The summed E-state index contributed by atoms with van der Waals surface area (Å²) in [6, 6.07) is 6.96. The Hall–Kier alpha value is -1.75. The lowest BCUT2D eigenvalue weighted by atomic mass is 9.56. The second-order valence-electron chi connectivity index (χ2n) is 12.6. The van der Waals surface area contributed by atoms with E-state index in [-0.39, 0.29) is 5.41 Å². The van der Waals surface area contributed by atoms with Gasteiger partial charge in [-0.25, -0.2) is 0 Å². The molecule has 3 aliphatic carbocycles. The molecule has 0 aromatic heterocycles. The predicted octanol–water partition coefficient (Wildman–Crippen LogP) is 6.44. The molecule has 4 atom stereocenters. The number of likely N-dealkylation sites (tertiary alicyclic amines) is 1. The summed E-state index contributed by atoms with van der Waals surface area (Å²) in [6.07, 6.45) is 12.5. The van der Waals surface area contributed by atoms with E-state index in [2.05, 4.69) is 44.0 Å². The maximum atomic E-state index is 6.05. The van der Waals surface area contributed by atoms with E-state index >= 15 is 0 Å². The number of nitrogens with zero attached hydrogens (tertiary/aromatic N) is 2. The molecule has 0 amide bonds. The molecule has 1 aromatic rings. The molecule has 194 valence electrons. The van der Waals surface area contributed by atoms with Crippen molar-refractivity contribution in [3.63, 3.8) is 0 Å². The molecule has 4 aliphatic rings. The number of methoxy groups -OCH3 is 2. The Labute approximate surface area is 212 Å². The highest BCUT2D eigenvalue weighted by molar-refractivity contribution is 5.86. The van der Waals surface area contributed by atoms with E-state index in [1.807, 2.05) is 0 Å². The third kappa shape index (κ3) is 4.82. The van der Waals surface area contributed by atoms with Crippen molar-refractivity contribution >= 4 is 5.71 Å². The lowest BCUT2D eigenvalue weighted by Gasteiger charge is -2.50. The Balaban J connectivity index is 1.23. The van der Waals surface area contributed by atoms with E-state index < -0.39 is 0 Å². The maximum Gasteiger partial charge on any atom is 0.161 e. The average molecular weight is 483 g/mol. The van der Waals surface area contributed by atoms with Gasteiger partial charge in [-0.3, -0.25) is 0 Å². The Bertz CT molecular complexity index is 911. The second kappa shape index (κ2) is 9.95. The number of hydrogen-bond acceptors (Lipinski definition) is 5. The second-order valence-corrected chi connectivity index (χ2v) is 12.6. The van der Waals surface area contributed by atoms with Crippen LogP contribution in [0.4, 0.5) is 0 Å². The molecule has 1 heterocycles. The summed E-state index contributed by atoms with van der Waals surface area (Å²) in [5.74, 6) is 4.30. The van der Waals surface area contributed by atoms with Crippen molar-refractivity contribution in [3.8, 4) is 11.5 Å². The fourth-order valence-electron chi connectivity index (χ4n) is 8.78. The molecule has 35 heavy (non-hydrogen) atoms. The SMILES string of the molecule is COc1ccc(C23CC/C(=N\OCCC45CC(C)CC(CC(C)C4)C5)CC2N(C)CC3)cc1OC. The minimum atomic E-state index is 0.151. The zero-order valence-electron chi connectivity index (χ0n) is 22.6. The van der Waals surface area contributed by atoms with Crippen LogP contribution in [0.15, 0.2) is 23.4 Å². The molecule has 5 heteroatoms. The Morgan fingerprint density at radius 2 is 1.74 bits per heavy atom. The van der Waals surface area contributed by atoms with Gasteiger partial charge in [0.25, 0.3) is 0 Å². The van der Waals surface area contributed by atoms with Crippen molar-refractivity contribution in [2.45, 2.75) is 89.5 Å². The van der Waals surface area contributed by atoms with E-state index in [0.29, 0.717) is 11.5 Å². The minimum Gasteiger partial charge on any atom is -0.493 e. The number of oxime groups is 1. The standard InChI is InChI=1S/C30H46N2O3/c1-21-14-23-15-22(2)19-29(18-21,20-23)11-13-35-31-25-8-9-30(10-12-32(3)28(30)17-25)24-6-7-26(33-4)27(16-24)34-5/h6-7,16,21-23,28H,8-15,17-20H2,1-5H3/b31-25+. The third-order valence-electron chi connectivity index (χ3n) is 10.0. The highest BCUT2D eigenvalue weighted by atomic mass is 16.6. The van der Waals surface area contributed by atoms with Crippen LogP contribution >= 0.6 is 0 Å². The van der Waals surface area contributed by atoms with Crippen LogP contribution in [0.25, 0.3) is 0 Å². The fourth-order valence-corrected chi connectivity index (χ4v) is 8.78. The molecule has 0 radical (unpaired) electrons. The van der Waals surface area contributed by atoms with E-state index in [1.54, 1.807) is 14.2 Å². The van der Waals surface area contributed by atoms with Crippen LogP contribution < -0.4 is 9.47 Å². The molecule has 4 fully saturated rings. The van der Waals surface area contributed by atoms with E-state index in [4.69, 9.17) is 19.5 Å². The third-order valence-corrected chi connectivity index (χ3v) is 10.0. The molecule has 5 rings (SSSR count). The van der Waals surface area contributed by atoms with E-state index in [9.17, 15) is 0 Å². The monoisotopic (exact) mass is 482 g/mol. The summed E-state index contributed by atoms with van der Waals surface area (Å²) in [5.41, 5.74) is 3.26. The zero-order chi connectivity index (χ0) is 24.6. The van der Waals surface area contributed by atoms with Crippen molar-refractivity contribution in [2.24, 2.45) is 28.3 Å². The van der Waals surface area contributed by atoms with Gasteiger partial charge in [-0.2, -0.15) is 0 Å². The van der Waals surface area contributed by atoms with Crippen LogP contribution in [0.1, 0.15) is 83.6 Å². The quantitative estimate of drug-likeness (QED) is 0.331. The molecular weight excluding hydrogens is 436 g/mol. The molecule has 1 saturated heterocycles. The molecule has 2 bridgehead atoms. The van der Waals surface area contributed by atoms with Gasteiger partial charge in [-0.15, -0.1) is 0 Å². The molecule has 3 saturated carbocycles. The highest BCUT2D eigenvalue weighted by Crippen LogP contribution is 2.54. The molecule has 1 aliphatic heterocycles. The fraction of sp³-hybridized carbons (Fsp3) is 0.767. The topological polar surface area (TPSA) is 43.3 Å². The van der Waals surface area contributed by atoms with Crippen molar-refractivity contribution in [1.82, 2.24) is 4.90 Å². The van der Waals surface area contributed by atoms with Gasteiger partial charge < -0.3 is 19.2 Å². The smallest absolute Gasteiger partial charge is 0.161 e. The molecular formula is C30H46N2O3. The molecule has 0 spiro atoms. The molecule has 1 aromatic carbocycles. The summed E-state index contributed by atoms with van der Waals surface area (Å²) in [5, 5.41) is 4.73. The van der Waals surface area contributed by atoms with Crippen LogP contribution in [0, 0.1) is 23.2 Å². The van der Waals surface area contributed by atoms with Crippen molar-refractivity contribution in [2.75, 3.05) is 34.4 Å².